The van der Waals surface area contributed by atoms with Crippen molar-refractivity contribution in [1.82, 2.24) is 15.1 Å². The van der Waals surface area contributed by atoms with Crippen molar-refractivity contribution in [3.8, 4) is 0 Å². The maximum Gasteiger partial charge on any atom is 0.305 e. The predicted octanol–water partition coefficient (Wildman–Crippen LogP) is 1.38. The number of nitrogens with one attached hydrogen (secondary N) is 1. The molecule has 0 saturated heterocycles. The Morgan fingerprint density at radius 3 is 2.61 bits per heavy atom. The average molecular weight is 336 g/mol. The molecular formula is C15H14ClN3O4. The zero-order chi connectivity index (χ0) is 17.0. The summed E-state index contributed by atoms with van der Waals surface area (Å²) in [5, 5.41) is 15.8. The van der Waals surface area contributed by atoms with Crippen LogP contribution in [0.1, 0.15) is 28.5 Å². The van der Waals surface area contributed by atoms with E-state index >= 15 is 0 Å². The third kappa shape index (κ3) is 4.17. The van der Waals surface area contributed by atoms with Crippen molar-refractivity contribution in [2.24, 2.45) is 7.05 Å². The highest BCUT2D eigenvalue weighted by Gasteiger charge is 2.21. The Balaban J connectivity index is 2.28. The van der Waals surface area contributed by atoms with Crippen molar-refractivity contribution >= 4 is 23.5 Å². The van der Waals surface area contributed by atoms with Crippen molar-refractivity contribution in [3.63, 3.8) is 0 Å². The first-order valence-electron chi connectivity index (χ1n) is 6.70. The van der Waals surface area contributed by atoms with Crippen LogP contribution < -0.4 is 10.9 Å². The van der Waals surface area contributed by atoms with Gasteiger partial charge in [0.25, 0.3) is 11.5 Å². The molecule has 0 aliphatic rings. The SMILES string of the molecule is Cn1nc(C(=O)N[C@H](CC(=O)O)c2ccccc2Cl)ccc1=O. The third-order valence-corrected chi connectivity index (χ3v) is 3.50. The third-order valence-electron chi connectivity index (χ3n) is 3.16. The second-order valence-electron chi connectivity index (χ2n) is 4.83. The fourth-order valence-electron chi connectivity index (χ4n) is 2.03. The monoisotopic (exact) mass is 335 g/mol. The first-order chi connectivity index (χ1) is 10.9. The quantitative estimate of drug-likeness (QED) is 0.859. The Hall–Kier alpha value is -2.67. The first-order valence-corrected chi connectivity index (χ1v) is 7.07. The minimum absolute atomic E-state index is 0.00884. The van der Waals surface area contributed by atoms with Crippen LogP contribution in [0.25, 0.3) is 0 Å². The van der Waals surface area contributed by atoms with Crippen LogP contribution in [0.15, 0.2) is 41.2 Å². The van der Waals surface area contributed by atoms with Gasteiger partial charge in [-0.25, -0.2) is 4.68 Å². The van der Waals surface area contributed by atoms with Gasteiger partial charge in [-0.2, -0.15) is 5.10 Å². The molecule has 7 nitrogen and oxygen atoms in total. The van der Waals surface area contributed by atoms with E-state index < -0.39 is 17.9 Å². The number of carboxylic acids is 1. The molecule has 0 aliphatic carbocycles. The maximum absolute atomic E-state index is 12.3. The molecule has 0 unspecified atom stereocenters. The van der Waals surface area contributed by atoms with Gasteiger partial charge in [0.05, 0.1) is 12.5 Å². The molecule has 1 aromatic carbocycles. The highest BCUT2D eigenvalue weighted by molar-refractivity contribution is 6.31. The molecule has 1 heterocycles. The van der Waals surface area contributed by atoms with Crippen LogP contribution in [0.3, 0.4) is 0 Å². The zero-order valence-electron chi connectivity index (χ0n) is 12.2. The van der Waals surface area contributed by atoms with Crippen molar-refractivity contribution in [2.75, 3.05) is 0 Å². The Bertz CT molecular complexity index is 803. The van der Waals surface area contributed by atoms with Crippen LogP contribution in [0.2, 0.25) is 5.02 Å². The maximum atomic E-state index is 12.3. The van der Waals surface area contributed by atoms with Gasteiger partial charge in [-0.15, -0.1) is 0 Å². The van der Waals surface area contributed by atoms with E-state index in [0.29, 0.717) is 10.6 Å². The summed E-state index contributed by atoms with van der Waals surface area (Å²) in [7, 11) is 1.42. The normalized spacial score (nSPS) is 11.7. The lowest BCUT2D eigenvalue weighted by atomic mass is 10.0. The van der Waals surface area contributed by atoms with Gasteiger partial charge in [0.1, 0.15) is 5.69 Å². The standard InChI is InChI=1S/C15H14ClN3O4/c1-19-13(20)7-6-11(18-19)15(23)17-12(8-14(21)22)9-4-2-3-5-10(9)16/h2-7,12H,8H2,1H3,(H,17,23)(H,21,22)/t12-/m1/s1. The number of aryl methyl sites for hydroxylation is 1. The number of carbonyl (C=O) groups excluding carboxylic acids is 1. The molecule has 2 N–H and O–H groups in total. The van der Waals surface area contributed by atoms with E-state index in [2.05, 4.69) is 10.4 Å². The molecule has 0 aliphatic heterocycles. The molecule has 1 atom stereocenters. The number of halogens is 1. The molecule has 2 rings (SSSR count). The van der Waals surface area contributed by atoms with Gasteiger partial charge in [0.2, 0.25) is 0 Å². The highest BCUT2D eigenvalue weighted by atomic mass is 35.5. The topological polar surface area (TPSA) is 101 Å². The minimum atomic E-state index is -1.08. The molecule has 0 radical (unpaired) electrons. The number of hydrogen-bond acceptors (Lipinski definition) is 4. The predicted molar refractivity (Wildman–Crippen MR) is 83.4 cm³/mol. The largest absolute Gasteiger partial charge is 0.481 e. The van der Waals surface area contributed by atoms with Crippen molar-refractivity contribution < 1.29 is 14.7 Å². The molecular weight excluding hydrogens is 322 g/mol. The van der Waals surface area contributed by atoms with Crippen LogP contribution in [0.5, 0.6) is 0 Å². The van der Waals surface area contributed by atoms with Crippen LogP contribution >= 0.6 is 11.6 Å². The van der Waals surface area contributed by atoms with Crippen LogP contribution in [-0.4, -0.2) is 26.8 Å². The molecule has 120 valence electrons. The van der Waals surface area contributed by atoms with Gasteiger partial charge in [0, 0.05) is 18.1 Å². The smallest absolute Gasteiger partial charge is 0.305 e. The number of hydrogen-bond donors (Lipinski definition) is 2. The van der Waals surface area contributed by atoms with Crippen molar-refractivity contribution in [3.05, 3.63) is 63.0 Å². The number of aromatic nitrogens is 2. The summed E-state index contributed by atoms with van der Waals surface area (Å²) >= 11 is 6.07. The van der Waals surface area contributed by atoms with Gasteiger partial charge in [-0.3, -0.25) is 14.4 Å². The van der Waals surface area contributed by atoms with Gasteiger partial charge in [-0.1, -0.05) is 29.8 Å². The Morgan fingerprint density at radius 2 is 2.00 bits per heavy atom. The molecule has 0 bridgehead atoms. The van der Waals surface area contributed by atoms with Crippen LogP contribution in [0.4, 0.5) is 0 Å². The van der Waals surface area contributed by atoms with E-state index in [4.69, 9.17) is 16.7 Å². The van der Waals surface area contributed by atoms with Gasteiger partial charge >= 0.3 is 5.97 Å². The summed E-state index contributed by atoms with van der Waals surface area (Å²) in [4.78, 5) is 34.6. The Morgan fingerprint density at radius 1 is 1.30 bits per heavy atom. The zero-order valence-corrected chi connectivity index (χ0v) is 12.9. The first kappa shape index (κ1) is 16.7. The summed E-state index contributed by atoms with van der Waals surface area (Å²) in [6.07, 6.45) is -0.332. The lowest BCUT2D eigenvalue weighted by molar-refractivity contribution is -0.137. The number of carboxylic acid groups (broad SMARTS) is 1. The van der Waals surface area contributed by atoms with E-state index in [1.165, 1.54) is 19.2 Å². The number of carbonyl (C=O) groups is 2. The molecule has 8 heteroatoms. The molecule has 2 aromatic rings. The van der Waals surface area contributed by atoms with Gasteiger partial charge < -0.3 is 10.4 Å². The fraction of sp³-hybridized carbons (Fsp3) is 0.200. The van der Waals surface area contributed by atoms with Gasteiger partial charge in [-0.05, 0) is 17.7 Å². The van der Waals surface area contributed by atoms with E-state index in [-0.39, 0.29) is 17.7 Å². The Kier molecular flexibility index (Phi) is 5.13. The molecule has 0 fully saturated rings. The molecule has 0 saturated carbocycles. The number of amides is 1. The summed E-state index contributed by atoms with van der Waals surface area (Å²) in [6.45, 7) is 0. The second kappa shape index (κ2) is 7.06. The number of aliphatic carboxylic acids is 1. The van der Waals surface area contributed by atoms with Gasteiger partial charge in [0.15, 0.2) is 0 Å². The fourth-order valence-corrected chi connectivity index (χ4v) is 2.29. The van der Waals surface area contributed by atoms with Crippen molar-refractivity contribution in [1.29, 1.82) is 0 Å². The van der Waals surface area contributed by atoms with Crippen LogP contribution in [0, 0.1) is 0 Å². The van der Waals surface area contributed by atoms with E-state index in [9.17, 15) is 14.4 Å². The average Bonchev–Trinajstić information content (AvgIpc) is 2.49. The molecule has 23 heavy (non-hydrogen) atoms. The summed E-state index contributed by atoms with van der Waals surface area (Å²) in [6, 6.07) is 8.35. The summed E-state index contributed by atoms with van der Waals surface area (Å²) in [5.74, 6) is -1.67. The number of nitrogens with zero attached hydrogens (tertiary/aromatic N) is 2. The lowest BCUT2D eigenvalue weighted by Gasteiger charge is -2.18. The number of benzene rings is 1. The van der Waals surface area contributed by atoms with E-state index in [1.807, 2.05) is 0 Å². The van der Waals surface area contributed by atoms with Crippen LogP contribution in [-0.2, 0) is 11.8 Å². The molecule has 0 spiro atoms. The number of rotatable bonds is 5. The highest BCUT2D eigenvalue weighted by Crippen LogP contribution is 2.25. The molecule has 1 aromatic heterocycles. The van der Waals surface area contributed by atoms with E-state index in [1.54, 1.807) is 24.3 Å². The molecule has 1 amide bonds. The second-order valence-corrected chi connectivity index (χ2v) is 5.23. The Labute approximate surface area is 136 Å². The summed E-state index contributed by atoms with van der Waals surface area (Å²) in [5.41, 5.74) is 0.152. The summed E-state index contributed by atoms with van der Waals surface area (Å²) < 4.78 is 1.02. The minimum Gasteiger partial charge on any atom is -0.481 e. The van der Waals surface area contributed by atoms with E-state index in [0.717, 1.165) is 4.68 Å². The lowest BCUT2D eigenvalue weighted by Crippen LogP contribution is -2.32. The van der Waals surface area contributed by atoms with Crippen molar-refractivity contribution in [2.45, 2.75) is 12.5 Å².